The first-order valence-electron chi connectivity index (χ1n) is 8.98. The van der Waals surface area contributed by atoms with Gasteiger partial charge in [0.05, 0.1) is 5.52 Å². The first-order valence-corrected chi connectivity index (χ1v) is 8.98. The molecule has 1 aliphatic rings. The molecule has 1 saturated heterocycles. The van der Waals surface area contributed by atoms with E-state index >= 15 is 0 Å². The third kappa shape index (κ3) is 2.92. The topological polar surface area (TPSA) is 59.6 Å². The maximum absolute atomic E-state index is 12.8. The van der Waals surface area contributed by atoms with Crippen LogP contribution in [0.3, 0.4) is 0 Å². The molecule has 4 rings (SSSR count). The molecule has 1 amide bonds. The van der Waals surface area contributed by atoms with Crippen LogP contribution < -0.4 is 5.56 Å². The quantitative estimate of drug-likeness (QED) is 0.737. The van der Waals surface area contributed by atoms with Gasteiger partial charge in [-0.2, -0.15) is 0 Å². The number of hydrogen-bond donors (Lipinski definition) is 0. The van der Waals surface area contributed by atoms with E-state index < -0.39 is 0 Å². The zero-order valence-corrected chi connectivity index (χ0v) is 14.2. The van der Waals surface area contributed by atoms with Crippen molar-refractivity contribution in [2.45, 2.75) is 38.6 Å². The van der Waals surface area contributed by atoms with E-state index in [-0.39, 0.29) is 11.5 Å². The third-order valence-corrected chi connectivity index (χ3v) is 5.00. The fourth-order valence-corrected chi connectivity index (χ4v) is 3.68. The highest BCUT2D eigenvalue weighted by Crippen LogP contribution is 2.14. The lowest BCUT2D eigenvalue weighted by Gasteiger charge is -2.20. The molecule has 130 valence electrons. The molecule has 0 spiro atoms. The normalized spacial score (nSPS) is 15.6. The highest BCUT2D eigenvalue weighted by Gasteiger charge is 2.17. The van der Waals surface area contributed by atoms with Gasteiger partial charge in [0, 0.05) is 38.4 Å². The van der Waals surface area contributed by atoms with Gasteiger partial charge in [-0.1, -0.05) is 12.8 Å². The molecule has 0 bridgehead atoms. The highest BCUT2D eigenvalue weighted by molar-refractivity contribution is 5.77. The molecule has 0 saturated carbocycles. The number of nitrogens with zero attached hydrogens (tertiary/aromatic N) is 4. The van der Waals surface area contributed by atoms with Crippen molar-refractivity contribution in [3.05, 3.63) is 47.0 Å². The Morgan fingerprint density at radius 3 is 2.60 bits per heavy atom. The molecule has 0 N–H and O–H groups in total. The van der Waals surface area contributed by atoms with Crippen molar-refractivity contribution in [1.82, 2.24) is 18.9 Å². The van der Waals surface area contributed by atoms with Crippen molar-refractivity contribution in [2.75, 3.05) is 13.1 Å². The summed E-state index contributed by atoms with van der Waals surface area (Å²) in [4.78, 5) is 31.7. The maximum Gasteiger partial charge on any atom is 0.276 e. The zero-order chi connectivity index (χ0) is 17.2. The number of aryl methyl sites for hydroxylation is 1. The largest absolute Gasteiger partial charge is 0.343 e. The predicted octanol–water partition coefficient (Wildman–Crippen LogP) is 2.44. The average Bonchev–Trinajstić information content (AvgIpc) is 2.97. The van der Waals surface area contributed by atoms with Gasteiger partial charge in [-0.05, 0) is 37.1 Å². The highest BCUT2D eigenvalue weighted by atomic mass is 16.2. The van der Waals surface area contributed by atoms with E-state index in [4.69, 9.17) is 0 Å². The number of hydrogen-bond acceptors (Lipinski definition) is 3. The van der Waals surface area contributed by atoms with E-state index in [1.807, 2.05) is 39.8 Å². The van der Waals surface area contributed by atoms with Crippen molar-refractivity contribution < 1.29 is 4.79 Å². The summed E-state index contributed by atoms with van der Waals surface area (Å²) in [5, 5.41) is 0. The van der Waals surface area contributed by atoms with Gasteiger partial charge in [0.1, 0.15) is 5.52 Å². The van der Waals surface area contributed by atoms with Crippen LogP contribution in [0.15, 0.2) is 41.5 Å². The summed E-state index contributed by atoms with van der Waals surface area (Å²) in [6, 6.07) is 7.47. The molecule has 6 heteroatoms. The fraction of sp³-hybridized carbons (Fsp3) is 0.421. The van der Waals surface area contributed by atoms with Crippen LogP contribution in [0.1, 0.15) is 32.1 Å². The minimum atomic E-state index is -0.0973. The standard InChI is InChI=1S/C19H22N4O2/c24-17(21-11-3-1-2-4-12-21)9-14-23-18-15(7-5-10-20-18)22-13-6-8-16(22)19(23)25/h5-8,10,13H,1-4,9,11-12,14H2. The van der Waals surface area contributed by atoms with Crippen LogP contribution in [0.4, 0.5) is 0 Å². The first kappa shape index (κ1) is 15.9. The minimum absolute atomic E-state index is 0.0973. The number of likely N-dealkylation sites (tertiary alicyclic amines) is 1. The summed E-state index contributed by atoms with van der Waals surface area (Å²) in [6.45, 7) is 2.04. The summed E-state index contributed by atoms with van der Waals surface area (Å²) in [7, 11) is 0. The number of carbonyl (C=O) groups excluding carboxylic acids is 1. The van der Waals surface area contributed by atoms with E-state index in [9.17, 15) is 9.59 Å². The molecule has 1 fully saturated rings. The van der Waals surface area contributed by atoms with E-state index in [1.54, 1.807) is 10.8 Å². The molecule has 0 unspecified atom stereocenters. The Morgan fingerprint density at radius 1 is 1.04 bits per heavy atom. The first-order chi connectivity index (χ1) is 12.3. The van der Waals surface area contributed by atoms with Crippen LogP contribution in [-0.4, -0.2) is 37.8 Å². The Hall–Kier alpha value is -2.63. The van der Waals surface area contributed by atoms with Gasteiger partial charge < -0.3 is 9.30 Å². The van der Waals surface area contributed by atoms with Crippen LogP contribution in [0.2, 0.25) is 0 Å². The van der Waals surface area contributed by atoms with E-state index in [0.29, 0.717) is 24.1 Å². The van der Waals surface area contributed by atoms with Crippen molar-refractivity contribution in [1.29, 1.82) is 0 Å². The summed E-state index contributed by atoms with van der Waals surface area (Å²) in [5.74, 6) is 0.133. The van der Waals surface area contributed by atoms with Crippen LogP contribution in [0.25, 0.3) is 16.7 Å². The summed E-state index contributed by atoms with van der Waals surface area (Å²) < 4.78 is 3.50. The van der Waals surface area contributed by atoms with Crippen molar-refractivity contribution in [3.63, 3.8) is 0 Å². The predicted molar refractivity (Wildman–Crippen MR) is 96.6 cm³/mol. The monoisotopic (exact) mass is 338 g/mol. The molecule has 0 aromatic carbocycles. The van der Waals surface area contributed by atoms with Crippen molar-refractivity contribution >= 4 is 22.6 Å². The van der Waals surface area contributed by atoms with Gasteiger partial charge >= 0.3 is 0 Å². The summed E-state index contributed by atoms with van der Waals surface area (Å²) in [6.07, 6.45) is 8.43. The Morgan fingerprint density at radius 2 is 1.80 bits per heavy atom. The molecule has 6 nitrogen and oxygen atoms in total. The van der Waals surface area contributed by atoms with Crippen LogP contribution >= 0.6 is 0 Å². The second-order valence-corrected chi connectivity index (χ2v) is 6.61. The number of fused-ring (bicyclic) bond motifs is 3. The van der Waals surface area contributed by atoms with E-state index in [2.05, 4.69) is 4.98 Å². The molecule has 4 heterocycles. The second-order valence-electron chi connectivity index (χ2n) is 6.61. The molecular formula is C19H22N4O2. The third-order valence-electron chi connectivity index (χ3n) is 5.00. The smallest absolute Gasteiger partial charge is 0.276 e. The lowest BCUT2D eigenvalue weighted by Crippen LogP contribution is -2.33. The van der Waals surface area contributed by atoms with Crippen molar-refractivity contribution in [3.8, 4) is 0 Å². The number of pyridine rings is 1. The average molecular weight is 338 g/mol. The van der Waals surface area contributed by atoms with E-state index in [1.165, 1.54) is 12.8 Å². The molecule has 3 aromatic heterocycles. The van der Waals surface area contributed by atoms with Gasteiger partial charge in [0.15, 0.2) is 5.65 Å². The second kappa shape index (κ2) is 6.70. The van der Waals surface area contributed by atoms with Gasteiger partial charge in [0.2, 0.25) is 5.91 Å². The number of carbonyl (C=O) groups is 1. The summed E-state index contributed by atoms with van der Waals surface area (Å²) >= 11 is 0. The molecule has 3 aromatic rings. The van der Waals surface area contributed by atoms with Gasteiger partial charge in [-0.3, -0.25) is 14.2 Å². The lowest BCUT2D eigenvalue weighted by atomic mass is 10.2. The SMILES string of the molecule is O=C(CCn1c(=O)c2cccn2c2cccnc21)N1CCCCCC1. The molecule has 0 atom stereocenters. The van der Waals surface area contributed by atoms with E-state index in [0.717, 1.165) is 31.4 Å². The fourth-order valence-electron chi connectivity index (χ4n) is 3.68. The Bertz CT molecular complexity index is 964. The molecular weight excluding hydrogens is 316 g/mol. The molecule has 25 heavy (non-hydrogen) atoms. The molecule has 0 aliphatic carbocycles. The Balaban J connectivity index is 1.65. The minimum Gasteiger partial charge on any atom is -0.343 e. The van der Waals surface area contributed by atoms with Gasteiger partial charge in [0.25, 0.3) is 5.56 Å². The maximum atomic E-state index is 12.8. The van der Waals surface area contributed by atoms with Crippen LogP contribution in [0, 0.1) is 0 Å². The van der Waals surface area contributed by atoms with Crippen LogP contribution in [0.5, 0.6) is 0 Å². The Kier molecular flexibility index (Phi) is 4.26. The molecule has 1 aliphatic heterocycles. The van der Waals surface area contributed by atoms with Crippen LogP contribution in [-0.2, 0) is 11.3 Å². The number of amides is 1. The number of aromatic nitrogens is 3. The Labute approximate surface area is 145 Å². The van der Waals surface area contributed by atoms with Gasteiger partial charge in [-0.15, -0.1) is 0 Å². The summed E-state index contributed by atoms with van der Waals surface area (Å²) in [5.41, 5.74) is 2.02. The number of rotatable bonds is 3. The lowest BCUT2D eigenvalue weighted by molar-refractivity contribution is -0.131. The molecule has 0 radical (unpaired) electrons. The zero-order valence-electron chi connectivity index (χ0n) is 14.2. The van der Waals surface area contributed by atoms with Gasteiger partial charge in [-0.25, -0.2) is 4.98 Å². The van der Waals surface area contributed by atoms with Crippen molar-refractivity contribution in [2.24, 2.45) is 0 Å².